The molecule has 1 aromatic heterocycles. The lowest BCUT2D eigenvalue weighted by Crippen LogP contribution is -2.33. The fourth-order valence-corrected chi connectivity index (χ4v) is 1.97. The van der Waals surface area contributed by atoms with Crippen molar-refractivity contribution in [2.45, 2.75) is 0 Å². The topological polar surface area (TPSA) is 131 Å². The van der Waals surface area contributed by atoms with Crippen LogP contribution in [0, 0.1) is 22.7 Å². The first-order valence-corrected chi connectivity index (χ1v) is 5.83. The number of pyridine rings is 1. The van der Waals surface area contributed by atoms with Gasteiger partial charge in [0.2, 0.25) is 0 Å². The van der Waals surface area contributed by atoms with Gasteiger partial charge in [-0.1, -0.05) is 12.1 Å². The van der Waals surface area contributed by atoms with Gasteiger partial charge in [0, 0.05) is 5.56 Å². The van der Waals surface area contributed by atoms with Crippen molar-refractivity contribution in [3.05, 3.63) is 45.7 Å². The molecule has 0 aliphatic carbocycles. The highest BCUT2D eigenvalue weighted by Gasteiger charge is 2.20. The van der Waals surface area contributed by atoms with Crippen molar-refractivity contribution in [1.82, 2.24) is 4.68 Å². The molecular weight excluding hydrogens is 270 g/mol. The number of nitriles is 2. The quantitative estimate of drug-likeness (QED) is 0.773. The third kappa shape index (κ3) is 2.13. The van der Waals surface area contributed by atoms with E-state index in [-0.39, 0.29) is 22.5 Å². The summed E-state index contributed by atoms with van der Waals surface area (Å²) in [6, 6.07) is 10.2. The number of hydrogen-bond acceptors (Lipinski definition) is 6. The Morgan fingerprint density at radius 2 is 1.71 bits per heavy atom. The zero-order chi connectivity index (χ0) is 15.6. The SMILES string of the molecule is COc1ccc(-c2c(C#N)c(N)n(N)c(=O)c2C#N)cc1. The minimum absolute atomic E-state index is 0.0150. The van der Waals surface area contributed by atoms with Gasteiger partial charge in [-0.3, -0.25) is 4.79 Å². The highest BCUT2D eigenvalue weighted by Crippen LogP contribution is 2.29. The first-order chi connectivity index (χ1) is 10.0. The number of nitrogen functional groups attached to an aromatic ring is 2. The molecule has 4 N–H and O–H groups in total. The summed E-state index contributed by atoms with van der Waals surface area (Å²) in [6.45, 7) is 0. The second-order valence-corrected chi connectivity index (χ2v) is 4.14. The third-order valence-corrected chi connectivity index (χ3v) is 3.05. The highest BCUT2D eigenvalue weighted by atomic mass is 16.5. The van der Waals surface area contributed by atoms with Gasteiger partial charge in [-0.15, -0.1) is 0 Å². The molecule has 0 unspecified atom stereocenters. The molecule has 0 saturated carbocycles. The van der Waals surface area contributed by atoms with Crippen LogP contribution in [-0.4, -0.2) is 11.8 Å². The standard InChI is InChI=1S/C14H11N5O2/c1-21-9-4-2-8(3-5-9)12-10(6-15)13(17)19(18)14(20)11(12)7-16/h2-5H,17-18H2,1H3. The van der Waals surface area contributed by atoms with Crippen molar-refractivity contribution in [2.24, 2.45) is 0 Å². The second kappa shape index (κ2) is 5.27. The number of hydrogen-bond donors (Lipinski definition) is 2. The maximum Gasteiger partial charge on any atom is 0.289 e. The van der Waals surface area contributed by atoms with Crippen molar-refractivity contribution in [2.75, 3.05) is 18.7 Å². The van der Waals surface area contributed by atoms with Crippen molar-refractivity contribution in [3.8, 4) is 29.0 Å². The number of aromatic nitrogens is 1. The lowest BCUT2D eigenvalue weighted by atomic mass is 9.96. The van der Waals surface area contributed by atoms with Gasteiger partial charge < -0.3 is 16.3 Å². The highest BCUT2D eigenvalue weighted by molar-refractivity contribution is 5.80. The lowest BCUT2D eigenvalue weighted by Gasteiger charge is -2.12. The number of methoxy groups -OCH3 is 1. The fraction of sp³-hybridized carbons (Fsp3) is 0.0714. The largest absolute Gasteiger partial charge is 0.497 e. The van der Waals surface area contributed by atoms with Gasteiger partial charge in [0.05, 0.1) is 7.11 Å². The number of anilines is 1. The van der Waals surface area contributed by atoms with Crippen LogP contribution < -0.4 is 21.9 Å². The Morgan fingerprint density at radius 1 is 1.14 bits per heavy atom. The summed E-state index contributed by atoms with van der Waals surface area (Å²) in [7, 11) is 1.52. The Bertz CT molecular complexity index is 838. The first kappa shape index (κ1) is 14.0. The van der Waals surface area contributed by atoms with Crippen LogP contribution in [-0.2, 0) is 0 Å². The number of nitrogens with zero attached hydrogens (tertiary/aromatic N) is 3. The summed E-state index contributed by atoms with van der Waals surface area (Å²) in [5.74, 6) is 5.90. The van der Waals surface area contributed by atoms with Gasteiger partial charge in [0.15, 0.2) is 0 Å². The van der Waals surface area contributed by atoms with Gasteiger partial charge in [-0.05, 0) is 17.7 Å². The zero-order valence-corrected chi connectivity index (χ0v) is 11.1. The van der Waals surface area contributed by atoms with Crippen LogP contribution in [0.1, 0.15) is 11.1 Å². The van der Waals surface area contributed by atoms with Crippen LogP contribution in [0.15, 0.2) is 29.1 Å². The van der Waals surface area contributed by atoms with E-state index in [1.165, 1.54) is 7.11 Å². The average Bonchev–Trinajstić information content (AvgIpc) is 2.52. The van der Waals surface area contributed by atoms with Crippen LogP contribution >= 0.6 is 0 Å². The summed E-state index contributed by atoms with van der Waals surface area (Å²) in [6.07, 6.45) is 0. The Kier molecular flexibility index (Phi) is 3.51. The van der Waals surface area contributed by atoms with Crippen molar-refractivity contribution in [1.29, 1.82) is 10.5 Å². The Morgan fingerprint density at radius 3 is 2.19 bits per heavy atom. The van der Waals surface area contributed by atoms with E-state index in [2.05, 4.69) is 0 Å². The van der Waals surface area contributed by atoms with Gasteiger partial charge in [0.1, 0.15) is 34.8 Å². The zero-order valence-electron chi connectivity index (χ0n) is 11.1. The Labute approximate surface area is 120 Å². The van der Waals surface area contributed by atoms with Gasteiger partial charge in [-0.2, -0.15) is 10.5 Å². The van der Waals surface area contributed by atoms with Crippen LogP contribution in [0.25, 0.3) is 11.1 Å². The van der Waals surface area contributed by atoms with E-state index in [0.29, 0.717) is 16.0 Å². The molecule has 7 heteroatoms. The molecule has 0 saturated heterocycles. The minimum Gasteiger partial charge on any atom is -0.497 e. The molecule has 0 spiro atoms. The molecule has 0 atom stereocenters. The normalized spacial score (nSPS) is 9.67. The predicted octanol–water partition coefficient (Wildman–Crippen LogP) is 0.563. The first-order valence-electron chi connectivity index (χ1n) is 5.83. The van der Waals surface area contributed by atoms with E-state index in [1.54, 1.807) is 30.3 Å². The monoisotopic (exact) mass is 281 g/mol. The fourth-order valence-electron chi connectivity index (χ4n) is 1.97. The lowest BCUT2D eigenvalue weighted by molar-refractivity contribution is 0.415. The molecule has 21 heavy (non-hydrogen) atoms. The molecule has 0 fully saturated rings. The van der Waals surface area contributed by atoms with E-state index in [9.17, 15) is 15.3 Å². The molecule has 0 aliphatic heterocycles. The molecule has 0 aliphatic rings. The number of ether oxygens (including phenoxy) is 1. The minimum atomic E-state index is -0.750. The molecule has 2 rings (SSSR count). The Hall–Kier alpha value is -3.45. The van der Waals surface area contributed by atoms with Crippen molar-refractivity contribution in [3.63, 3.8) is 0 Å². The van der Waals surface area contributed by atoms with Gasteiger partial charge in [-0.25, -0.2) is 4.68 Å². The Balaban J connectivity index is 2.87. The summed E-state index contributed by atoms with van der Waals surface area (Å²) < 4.78 is 5.65. The van der Waals surface area contributed by atoms with Crippen molar-refractivity contribution >= 4 is 5.82 Å². The summed E-state index contributed by atoms with van der Waals surface area (Å²) in [5, 5.41) is 18.5. The number of nitrogens with two attached hydrogens (primary N) is 2. The molecule has 2 aromatic rings. The molecule has 1 heterocycles. The smallest absolute Gasteiger partial charge is 0.289 e. The van der Waals surface area contributed by atoms with E-state index < -0.39 is 5.56 Å². The van der Waals surface area contributed by atoms with Gasteiger partial charge in [0.25, 0.3) is 5.56 Å². The van der Waals surface area contributed by atoms with Crippen molar-refractivity contribution < 1.29 is 4.74 Å². The average molecular weight is 281 g/mol. The number of rotatable bonds is 2. The summed E-state index contributed by atoms with van der Waals surface area (Å²) in [5.41, 5.74) is 5.38. The molecule has 1 aromatic carbocycles. The summed E-state index contributed by atoms with van der Waals surface area (Å²) >= 11 is 0. The van der Waals surface area contributed by atoms with E-state index in [1.807, 2.05) is 6.07 Å². The molecule has 7 nitrogen and oxygen atoms in total. The number of benzene rings is 1. The maximum absolute atomic E-state index is 12.0. The maximum atomic E-state index is 12.0. The van der Waals surface area contributed by atoms with Crippen LogP contribution in [0.2, 0.25) is 0 Å². The van der Waals surface area contributed by atoms with Crippen LogP contribution in [0.3, 0.4) is 0 Å². The van der Waals surface area contributed by atoms with Crippen LogP contribution in [0.5, 0.6) is 5.75 Å². The van der Waals surface area contributed by atoms with E-state index in [0.717, 1.165) is 0 Å². The molecule has 0 bridgehead atoms. The predicted molar refractivity (Wildman–Crippen MR) is 76.7 cm³/mol. The molecule has 0 radical (unpaired) electrons. The molecular formula is C14H11N5O2. The van der Waals surface area contributed by atoms with Crippen LogP contribution in [0.4, 0.5) is 5.82 Å². The second-order valence-electron chi connectivity index (χ2n) is 4.14. The molecule has 104 valence electrons. The van der Waals surface area contributed by atoms with Gasteiger partial charge >= 0.3 is 0 Å². The van der Waals surface area contributed by atoms with E-state index >= 15 is 0 Å². The molecule has 0 amide bonds. The summed E-state index contributed by atoms with van der Waals surface area (Å²) in [4.78, 5) is 12.0. The van der Waals surface area contributed by atoms with E-state index in [4.69, 9.17) is 16.3 Å². The third-order valence-electron chi connectivity index (χ3n) is 3.05.